The van der Waals surface area contributed by atoms with Crippen LogP contribution in [0.25, 0.3) is 11.1 Å². The molecule has 1 aliphatic heterocycles. The van der Waals surface area contributed by atoms with E-state index in [0.717, 1.165) is 28.7 Å². The van der Waals surface area contributed by atoms with Gasteiger partial charge in [0.1, 0.15) is 0 Å². The maximum Gasteiger partial charge on any atom is 0.303 e. The van der Waals surface area contributed by atoms with Crippen molar-refractivity contribution in [2.45, 2.75) is 57.5 Å². The van der Waals surface area contributed by atoms with Crippen LogP contribution in [0.3, 0.4) is 0 Å². The summed E-state index contributed by atoms with van der Waals surface area (Å²) in [5.74, 6) is -1.81. The van der Waals surface area contributed by atoms with Gasteiger partial charge >= 0.3 is 5.97 Å². The minimum atomic E-state index is -0.937. The summed E-state index contributed by atoms with van der Waals surface area (Å²) in [7, 11) is 1.62. The summed E-state index contributed by atoms with van der Waals surface area (Å²) in [6.07, 6.45) is 3.03. The SMILES string of the molecule is CNC(=O)CCCCN(CC(=O)NCCc1ccc(Cl)cc1)Cc1cccc(-c2ccc(C(=O)NC3CC(=O)NC[C@H](CC(=O)O)C3)cc2)c1. The van der Waals surface area contributed by atoms with Gasteiger partial charge in [-0.3, -0.25) is 28.9 Å². The van der Waals surface area contributed by atoms with Crippen molar-refractivity contribution in [2.24, 2.45) is 5.92 Å². The molecule has 0 bridgehead atoms. The van der Waals surface area contributed by atoms with Crippen LogP contribution in [0.1, 0.15) is 60.0 Å². The molecule has 4 rings (SSSR count). The molecule has 1 heterocycles. The van der Waals surface area contributed by atoms with Crippen LogP contribution in [0.5, 0.6) is 0 Å². The van der Waals surface area contributed by atoms with Crippen LogP contribution in [-0.2, 0) is 32.1 Å². The minimum Gasteiger partial charge on any atom is -0.481 e. The van der Waals surface area contributed by atoms with Gasteiger partial charge in [-0.25, -0.2) is 0 Å². The molecule has 2 atom stereocenters. The van der Waals surface area contributed by atoms with Gasteiger partial charge < -0.3 is 26.4 Å². The van der Waals surface area contributed by atoms with Crippen LogP contribution in [0.4, 0.5) is 0 Å². The van der Waals surface area contributed by atoms with Crippen molar-refractivity contribution in [2.75, 3.05) is 33.2 Å². The van der Waals surface area contributed by atoms with Crippen molar-refractivity contribution in [3.63, 3.8) is 0 Å². The van der Waals surface area contributed by atoms with E-state index in [2.05, 4.69) is 32.2 Å². The average Bonchev–Trinajstić information content (AvgIpc) is 3.26. The quantitative estimate of drug-likeness (QED) is 0.132. The molecule has 0 aromatic heterocycles. The lowest BCUT2D eigenvalue weighted by molar-refractivity contribution is -0.138. The minimum absolute atomic E-state index is 0.00564. The fourth-order valence-corrected chi connectivity index (χ4v) is 6.17. The van der Waals surface area contributed by atoms with Gasteiger partial charge in [0.15, 0.2) is 0 Å². The van der Waals surface area contributed by atoms with Gasteiger partial charge in [0.25, 0.3) is 5.91 Å². The molecule has 0 aliphatic carbocycles. The lowest BCUT2D eigenvalue weighted by atomic mass is 9.96. The number of carboxylic acid groups (broad SMARTS) is 1. The summed E-state index contributed by atoms with van der Waals surface area (Å²) in [4.78, 5) is 63.2. The van der Waals surface area contributed by atoms with Crippen LogP contribution in [0, 0.1) is 5.92 Å². The molecule has 3 aromatic rings. The van der Waals surface area contributed by atoms with E-state index < -0.39 is 12.0 Å². The summed E-state index contributed by atoms with van der Waals surface area (Å²) >= 11 is 5.98. The van der Waals surface area contributed by atoms with Crippen LogP contribution >= 0.6 is 11.6 Å². The molecule has 266 valence electrons. The maximum atomic E-state index is 13.1. The number of unbranched alkanes of at least 4 members (excludes halogenated alkanes) is 1. The Labute approximate surface area is 298 Å². The van der Waals surface area contributed by atoms with E-state index in [0.29, 0.717) is 55.9 Å². The van der Waals surface area contributed by atoms with Crippen LogP contribution < -0.4 is 21.3 Å². The van der Waals surface area contributed by atoms with E-state index in [1.54, 1.807) is 19.2 Å². The molecule has 12 heteroatoms. The summed E-state index contributed by atoms with van der Waals surface area (Å²) in [6, 6.07) is 22.3. The number of carbonyl (C=O) groups excluding carboxylic acids is 4. The fourth-order valence-electron chi connectivity index (χ4n) is 6.04. The Bertz CT molecular complexity index is 1610. The topological polar surface area (TPSA) is 157 Å². The average molecular weight is 704 g/mol. The molecule has 1 aliphatic rings. The third-order valence-corrected chi connectivity index (χ3v) is 8.92. The second-order valence-electron chi connectivity index (χ2n) is 12.7. The zero-order valence-corrected chi connectivity index (χ0v) is 29.1. The summed E-state index contributed by atoms with van der Waals surface area (Å²) in [6.45, 7) is 2.19. The number of halogens is 1. The molecule has 50 heavy (non-hydrogen) atoms. The van der Waals surface area contributed by atoms with E-state index in [9.17, 15) is 29.1 Å². The molecule has 11 nitrogen and oxygen atoms in total. The zero-order chi connectivity index (χ0) is 35.9. The van der Waals surface area contributed by atoms with Crippen molar-refractivity contribution in [3.05, 3.63) is 94.5 Å². The van der Waals surface area contributed by atoms with Gasteiger partial charge in [0, 0.05) is 62.6 Å². The van der Waals surface area contributed by atoms with Gasteiger partial charge in [-0.2, -0.15) is 0 Å². The maximum absolute atomic E-state index is 13.1. The highest BCUT2D eigenvalue weighted by Crippen LogP contribution is 2.23. The highest BCUT2D eigenvalue weighted by molar-refractivity contribution is 6.30. The monoisotopic (exact) mass is 703 g/mol. The highest BCUT2D eigenvalue weighted by atomic mass is 35.5. The van der Waals surface area contributed by atoms with Gasteiger partial charge in [-0.15, -0.1) is 0 Å². The number of amides is 4. The van der Waals surface area contributed by atoms with E-state index >= 15 is 0 Å². The van der Waals surface area contributed by atoms with Crippen LogP contribution in [0.2, 0.25) is 5.02 Å². The number of aliphatic carboxylic acids is 1. The first kappa shape index (κ1) is 38.1. The molecule has 0 saturated carbocycles. The third-order valence-electron chi connectivity index (χ3n) is 8.67. The number of benzene rings is 3. The number of nitrogens with one attached hydrogen (secondary N) is 4. The van der Waals surface area contributed by atoms with E-state index in [1.807, 2.05) is 54.6 Å². The first-order chi connectivity index (χ1) is 24.1. The molecular formula is C38H46ClN5O6. The molecule has 0 radical (unpaired) electrons. The van der Waals surface area contributed by atoms with Crippen molar-refractivity contribution < 1.29 is 29.1 Å². The van der Waals surface area contributed by atoms with Crippen molar-refractivity contribution in [1.82, 2.24) is 26.2 Å². The fraction of sp³-hybridized carbons (Fsp3) is 0.395. The molecule has 3 aromatic carbocycles. The summed E-state index contributed by atoms with van der Waals surface area (Å²) in [5.41, 5.74) is 4.42. The predicted molar refractivity (Wildman–Crippen MR) is 192 cm³/mol. The lowest BCUT2D eigenvalue weighted by Crippen LogP contribution is -2.38. The molecular weight excluding hydrogens is 658 g/mol. The largest absolute Gasteiger partial charge is 0.481 e. The van der Waals surface area contributed by atoms with Crippen molar-refractivity contribution in [1.29, 1.82) is 0 Å². The molecule has 1 fully saturated rings. The Hall–Kier alpha value is -4.74. The van der Waals surface area contributed by atoms with Crippen LogP contribution in [-0.4, -0.2) is 78.9 Å². The molecule has 1 saturated heterocycles. The Morgan fingerprint density at radius 1 is 0.940 bits per heavy atom. The Morgan fingerprint density at radius 2 is 1.70 bits per heavy atom. The molecule has 0 spiro atoms. The second-order valence-corrected chi connectivity index (χ2v) is 13.2. The van der Waals surface area contributed by atoms with Crippen LogP contribution in [0.15, 0.2) is 72.8 Å². The van der Waals surface area contributed by atoms with Gasteiger partial charge in [-0.1, -0.05) is 54.1 Å². The Balaban J connectivity index is 1.36. The first-order valence-corrected chi connectivity index (χ1v) is 17.4. The first-order valence-electron chi connectivity index (χ1n) is 17.0. The highest BCUT2D eigenvalue weighted by Gasteiger charge is 2.27. The third kappa shape index (κ3) is 12.9. The number of carbonyl (C=O) groups is 5. The van der Waals surface area contributed by atoms with Crippen molar-refractivity contribution in [3.8, 4) is 11.1 Å². The zero-order valence-electron chi connectivity index (χ0n) is 28.4. The number of hydrogen-bond acceptors (Lipinski definition) is 6. The number of carboxylic acids is 1. The Morgan fingerprint density at radius 3 is 2.42 bits per heavy atom. The summed E-state index contributed by atoms with van der Waals surface area (Å²) in [5, 5.41) is 21.2. The van der Waals surface area contributed by atoms with Gasteiger partial charge in [0.2, 0.25) is 17.7 Å². The lowest BCUT2D eigenvalue weighted by Gasteiger charge is -2.22. The number of nitrogens with zero attached hydrogens (tertiary/aromatic N) is 1. The number of hydrogen-bond donors (Lipinski definition) is 5. The predicted octanol–water partition coefficient (Wildman–Crippen LogP) is 4.18. The van der Waals surface area contributed by atoms with Crippen molar-refractivity contribution >= 4 is 41.2 Å². The van der Waals surface area contributed by atoms with E-state index in [-0.39, 0.29) is 55.5 Å². The van der Waals surface area contributed by atoms with Gasteiger partial charge in [-0.05, 0) is 90.7 Å². The van der Waals surface area contributed by atoms with E-state index in [4.69, 9.17) is 11.6 Å². The molecule has 1 unspecified atom stereocenters. The normalized spacial score (nSPS) is 15.9. The molecule has 4 amide bonds. The Kier molecular flexibility index (Phi) is 14.8. The summed E-state index contributed by atoms with van der Waals surface area (Å²) < 4.78 is 0. The van der Waals surface area contributed by atoms with Gasteiger partial charge in [0.05, 0.1) is 6.54 Å². The van der Waals surface area contributed by atoms with E-state index in [1.165, 1.54) is 0 Å². The second kappa shape index (κ2) is 19.4. The molecule has 5 N–H and O–H groups in total. The number of rotatable bonds is 17. The standard InChI is InChI=1S/C38H46ClN5O6/c1-40-34(45)7-2-3-18-44(25-36(47)41-17-16-26-8-14-32(39)15-9-26)24-27-5-4-6-31(19-27)29-10-12-30(13-11-29)38(50)43-33-20-28(21-37(48)49)23-42-35(46)22-33/h4-6,8-15,19,28,33H,2-3,7,16-18,20-25H2,1H3,(H,40,45)(H,41,47)(H,42,46)(H,43,50)(H,48,49)/t28-,33?/m0/s1. The smallest absolute Gasteiger partial charge is 0.303 e.